The molecule has 9 heteroatoms. The maximum absolute atomic E-state index is 12.8. The summed E-state index contributed by atoms with van der Waals surface area (Å²) in [6, 6.07) is 15.8. The fourth-order valence-corrected chi connectivity index (χ4v) is 4.60. The van der Waals surface area contributed by atoms with Gasteiger partial charge in [-0.1, -0.05) is 17.7 Å². The first-order valence-electron chi connectivity index (χ1n) is 9.52. The minimum atomic E-state index is -0.344. The van der Waals surface area contributed by atoms with Crippen molar-refractivity contribution < 1.29 is 14.3 Å². The molecule has 0 aliphatic carbocycles. The predicted octanol–water partition coefficient (Wildman–Crippen LogP) is 6.35. The quantitative estimate of drug-likeness (QED) is 0.335. The molecule has 0 aliphatic heterocycles. The molecular formula is C23H18ClN3O3S2. The number of aryl methyl sites for hydroxylation is 1. The van der Waals surface area contributed by atoms with Crippen molar-refractivity contribution in [2.75, 3.05) is 17.7 Å². The Kier molecular flexibility index (Phi) is 6.55. The van der Waals surface area contributed by atoms with E-state index in [4.69, 9.17) is 16.3 Å². The van der Waals surface area contributed by atoms with Crippen LogP contribution in [0.4, 0.5) is 10.8 Å². The molecule has 0 saturated heterocycles. The SMILES string of the molecule is COc1ccc(-c2nc(NC(=O)c3ccc(Cl)c(NC(=O)c4cccs4)c3)sc2C)cc1. The van der Waals surface area contributed by atoms with E-state index in [1.165, 1.54) is 22.7 Å². The van der Waals surface area contributed by atoms with E-state index in [1.807, 2.05) is 36.6 Å². The first kappa shape index (κ1) is 22.0. The molecule has 2 N–H and O–H groups in total. The van der Waals surface area contributed by atoms with E-state index in [1.54, 1.807) is 37.4 Å². The lowest BCUT2D eigenvalue weighted by Crippen LogP contribution is -2.14. The third kappa shape index (κ3) is 4.83. The molecule has 2 heterocycles. The van der Waals surface area contributed by atoms with E-state index < -0.39 is 0 Å². The lowest BCUT2D eigenvalue weighted by atomic mass is 10.1. The molecule has 4 rings (SSSR count). The van der Waals surface area contributed by atoms with E-state index >= 15 is 0 Å². The Morgan fingerprint density at radius 1 is 1.03 bits per heavy atom. The number of anilines is 2. The molecular weight excluding hydrogens is 466 g/mol. The van der Waals surface area contributed by atoms with Crippen LogP contribution in [0.3, 0.4) is 0 Å². The Morgan fingerprint density at radius 3 is 2.50 bits per heavy atom. The summed E-state index contributed by atoms with van der Waals surface area (Å²) in [4.78, 5) is 31.3. The number of ether oxygens (including phenoxy) is 1. The largest absolute Gasteiger partial charge is 0.497 e. The van der Waals surface area contributed by atoms with Gasteiger partial charge in [0.2, 0.25) is 0 Å². The molecule has 0 atom stereocenters. The number of nitrogens with zero attached hydrogens (tertiary/aromatic N) is 1. The summed E-state index contributed by atoms with van der Waals surface area (Å²) in [6.07, 6.45) is 0. The number of amides is 2. The van der Waals surface area contributed by atoms with Crippen LogP contribution in [0.15, 0.2) is 60.0 Å². The highest BCUT2D eigenvalue weighted by atomic mass is 35.5. The molecule has 4 aromatic rings. The van der Waals surface area contributed by atoms with Gasteiger partial charge in [0, 0.05) is 16.0 Å². The molecule has 0 radical (unpaired) electrons. The van der Waals surface area contributed by atoms with Gasteiger partial charge in [0.1, 0.15) is 5.75 Å². The molecule has 6 nitrogen and oxygen atoms in total. The summed E-state index contributed by atoms with van der Waals surface area (Å²) in [7, 11) is 1.62. The van der Waals surface area contributed by atoms with Crippen molar-refractivity contribution in [2.24, 2.45) is 0 Å². The number of thiazole rings is 1. The van der Waals surface area contributed by atoms with Crippen LogP contribution in [-0.4, -0.2) is 23.9 Å². The molecule has 0 saturated carbocycles. The van der Waals surface area contributed by atoms with Gasteiger partial charge in [0.05, 0.1) is 28.4 Å². The van der Waals surface area contributed by atoms with Crippen LogP contribution in [-0.2, 0) is 0 Å². The molecule has 0 spiro atoms. The van der Waals surface area contributed by atoms with Crippen molar-refractivity contribution >= 4 is 56.9 Å². The molecule has 0 bridgehead atoms. The Morgan fingerprint density at radius 2 is 1.81 bits per heavy atom. The van der Waals surface area contributed by atoms with Crippen molar-refractivity contribution in [1.82, 2.24) is 4.98 Å². The van der Waals surface area contributed by atoms with E-state index in [-0.39, 0.29) is 11.8 Å². The molecule has 0 fully saturated rings. The topological polar surface area (TPSA) is 80.3 Å². The monoisotopic (exact) mass is 483 g/mol. The van der Waals surface area contributed by atoms with Gasteiger partial charge in [0.15, 0.2) is 5.13 Å². The van der Waals surface area contributed by atoms with Crippen molar-refractivity contribution in [2.45, 2.75) is 6.92 Å². The van der Waals surface area contributed by atoms with Crippen LogP contribution >= 0.6 is 34.3 Å². The van der Waals surface area contributed by atoms with Crippen LogP contribution < -0.4 is 15.4 Å². The molecule has 0 unspecified atom stereocenters. The molecule has 162 valence electrons. The summed E-state index contributed by atoms with van der Waals surface area (Å²) in [6.45, 7) is 1.95. The van der Waals surface area contributed by atoms with E-state index in [0.717, 1.165) is 21.9 Å². The zero-order valence-electron chi connectivity index (χ0n) is 17.1. The summed E-state index contributed by atoms with van der Waals surface area (Å²) in [5.74, 6) is 0.141. The number of hydrogen-bond donors (Lipinski definition) is 2. The predicted molar refractivity (Wildman–Crippen MR) is 131 cm³/mol. The number of halogens is 1. The average Bonchev–Trinajstić information content (AvgIpc) is 3.45. The first-order valence-corrected chi connectivity index (χ1v) is 11.6. The number of aromatic nitrogens is 1. The van der Waals surface area contributed by atoms with Crippen LogP contribution in [0.5, 0.6) is 5.75 Å². The average molecular weight is 484 g/mol. The normalized spacial score (nSPS) is 10.6. The molecule has 2 amide bonds. The molecule has 2 aromatic carbocycles. The number of nitrogens with one attached hydrogen (secondary N) is 2. The number of hydrogen-bond acceptors (Lipinski definition) is 6. The number of methoxy groups -OCH3 is 1. The summed E-state index contributed by atoms with van der Waals surface area (Å²) >= 11 is 8.93. The maximum atomic E-state index is 12.8. The second-order valence-corrected chi connectivity index (χ2v) is 9.29. The lowest BCUT2D eigenvalue weighted by Gasteiger charge is -2.09. The third-order valence-electron chi connectivity index (χ3n) is 4.60. The molecule has 0 aliphatic rings. The van der Waals surface area contributed by atoms with E-state index in [2.05, 4.69) is 15.6 Å². The van der Waals surface area contributed by atoms with Crippen LogP contribution in [0.2, 0.25) is 5.02 Å². The van der Waals surface area contributed by atoms with Gasteiger partial charge in [-0.15, -0.1) is 22.7 Å². The number of thiophene rings is 1. The minimum absolute atomic E-state index is 0.279. The lowest BCUT2D eigenvalue weighted by molar-refractivity contribution is 0.101. The van der Waals surface area contributed by atoms with Gasteiger partial charge in [-0.05, 0) is 60.8 Å². The van der Waals surface area contributed by atoms with Gasteiger partial charge in [-0.3, -0.25) is 14.9 Å². The Labute approximate surface area is 197 Å². The van der Waals surface area contributed by atoms with Crippen LogP contribution in [0.1, 0.15) is 24.9 Å². The number of benzene rings is 2. The van der Waals surface area contributed by atoms with Gasteiger partial charge in [-0.2, -0.15) is 0 Å². The number of carbonyl (C=O) groups excluding carboxylic acids is 2. The van der Waals surface area contributed by atoms with Crippen LogP contribution in [0.25, 0.3) is 11.3 Å². The second-order valence-electron chi connectivity index (χ2n) is 6.73. The van der Waals surface area contributed by atoms with Crippen molar-refractivity contribution in [3.05, 3.63) is 80.3 Å². The fraction of sp³-hybridized carbons (Fsp3) is 0.0870. The second kappa shape index (κ2) is 9.52. The van der Waals surface area contributed by atoms with E-state index in [0.29, 0.717) is 26.3 Å². The standard InChI is InChI=1S/C23H18ClN3O3S2/c1-13-20(14-5-8-16(30-2)9-6-14)26-23(32-13)27-21(28)15-7-10-17(24)18(12-15)25-22(29)19-4-3-11-31-19/h3-12H,1-2H3,(H,25,29)(H,26,27,28). The van der Waals surface area contributed by atoms with Crippen LogP contribution in [0, 0.1) is 6.92 Å². The zero-order valence-corrected chi connectivity index (χ0v) is 19.5. The highest BCUT2D eigenvalue weighted by Crippen LogP contribution is 2.32. The van der Waals surface area contributed by atoms with Gasteiger partial charge >= 0.3 is 0 Å². The Bertz CT molecular complexity index is 1270. The van der Waals surface area contributed by atoms with E-state index in [9.17, 15) is 9.59 Å². The fourth-order valence-electron chi connectivity index (χ4n) is 2.99. The Balaban J connectivity index is 1.51. The number of carbonyl (C=O) groups is 2. The first-order chi connectivity index (χ1) is 15.4. The smallest absolute Gasteiger partial charge is 0.265 e. The summed E-state index contributed by atoms with van der Waals surface area (Å²) < 4.78 is 5.20. The molecule has 32 heavy (non-hydrogen) atoms. The van der Waals surface area contributed by atoms with Crippen molar-refractivity contribution in [1.29, 1.82) is 0 Å². The highest BCUT2D eigenvalue weighted by Gasteiger charge is 2.16. The zero-order chi connectivity index (χ0) is 22.7. The van der Waals surface area contributed by atoms with Crippen molar-refractivity contribution in [3.8, 4) is 17.0 Å². The van der Waals surface area contributed by atoms with Gasteiger partial charge in [-0.25, -0.2) is 4.98 Å². The molecule has 2 aromatic heterocycles. The summed E-state index contributed by atoms with van der Waals surface area (Å²) in [5.41, 5.74) is 2.46. The summed E-state index contributed by atoms with van der Waals surface area (Å²) in [5, 5.41) is 8.23. The minimum Gasteiger partial charge on any atom is -0.497 e. The van der Waals surface area contributed by atoms with Gasteiger partial charge in [0.25, 0.3) is 11.8 Å². The van der Waals surface area contributed by atoms with Crippen molar-refractivity contribution in [3.63, 3.8) is 0 Å². The maximum Gasteiger partial charge on any atom is 0.265 e. The Hall–Kier alpha value is -3.20. The van der Waals surface area contributed by atoms with Gasteiger partial charge < -0.3 is 10.1 Å². The third-order valence-corrected chi connectivity index (χ3v) is 6.69. The highest BCUT2D eigenvalue weighted by molar-refractivity contribution is 7.16. The number of rotatable bonds is 6.